The number of carbonyl (C=O) groups is 2. The Kier molecular flexibility index (Phi) is 5.16. The van der Waals surface area contributed by atoms with E-state index in [1.54, 1.807) is 12.3 Å². The highest BCUT2D eigenvalue weighted by Crippen LogP contribution is 2.38. The third kappa shape index (κ3) is 3.44. The molecule has 1 aromatic heterocycles. The lowest BCUT2D eigenvalue weighted by Gasteiger charge is -2.28. The molecule has 0 spiro atoms. The fourth-order valence-corrected chi connectivity index (χ4v) is 4.59. The van der Waals surface area contributed by atoms with Crippen molar-refractivity contribution in [2.75, 3.05) is 32.0 Å². The topological polar surface area (TPSA) is 59.1 Å². The van der Waals surface area contributed by atoms with Crippen LogP contribution in [0.1, 0.15) is 28.8 Å². The molecule has 2 heterocycles. The molecule has 2 aromatic carbocycles. The largest absolute Gasteiger partial charge is 1.00 e. The Bertz CT molecular complexity index is 1130. The van der Waals surface area contributed by atoms with Crippen molar-refractivity contribution in [2.24, 2.45) is 0 Å². The van der Waals surface area contributed by atoms with Gasteiger partial charge in [0, 0.05) is 46.8 Å². The maximum Gasteiger partial charge on any atom is 0.279 e. The normalized spacial score (nSPS) is 16.2. The molecule has 3 aromatic rings. The Balaban J connectivity index is 0.00000205. The number of likely N-dealkylation sites (N-methyl/N-ethyl adjacent to an activating group) is 1. The monoisotopic (exact) mass is 499 g/mol. The predicted molar refractivity (Wildman–Crippen MR) is 109 cm³/mol. The number of aromatic nitrogens is 1. The van der Waals surface area contributed by atoms with Crippen LogP contribution in [0.3, 0.4) is 0 Å². The molecule has 2 aliphatic rings. The van der Waals surface area contributed by atoms with Gasteiger partial charge in [0.05, 0.1) is 25.8 Å². The van der Waals surface area contributed by atoms with Crippen molar-refractivity contribution in [3.63, 3.8) is 0 Å². The molecular weight excluding hydrogens is 477 g/mol. The van der Waals surface area contributed by atoms with E-state index in [4.69, 9.17) is 0 Å². The lowest BCUT2D eigenvalue weighted by atomic mass is 9.85. The van der Waals surface area contributed by atoms with Gasteiger partial charge >= 0.3 is 0 Å². The summed E-state index contributed by atoms with van der Waals surface area (Å²) in [6.07, 6.45) is 4.13. The Morgan fingerprint density at radius 2 is 1.86 bits per heavy atom. The van der Waals surface area contributed by atoms with E-state index in [1.165, 1.54) is 12.8 Å². The third-order valence-corrected chi connectivity index (χ3v) is 6.01. The Labute approximate surface area is 186 Å². The first-order chi connectivity index (χ1) is 13.5. The van der Waals surface area contributed by atoms with Crippen LogP contribution < -0.4 is 29.3 Å². The standard InChI is InChI=1S/C23H21N3O2.HI/c1-26(11-2-3-12-26)14-20(27)25-16-7-8-17-19(13-16)23(28)18-6-4-5-15-9-10-24-22(17)21(15)18;/h4-10,13H,2-3,11-12,14H2,1H3;1H. The van der Waals surface area contributed by atoms with E-state index in [2.05, 4.69) is 17.3 Å². The summed E-state index contributed by atoms with van der Waals surface area (Å²) < 4.78 is 0.787. The van der Waals surface area contributed by atoms with Crippen LogP contribution >= 0.6 is 0 Å². The summed E-state index contributed by atoms with van der Waals surface area (Å²) in [5.41, 5.74) is 3.58. The second kappa shape index (κ2) is 7.50. The van der Waals surface area contributed by atoms with E-state index >= 15 is 0 Å². The Hall–Kier alpha value is -2.32. The molecule has 0 atom stereocenters. The number of rotatable bonds is 3. The SMILES string of the molecule is C[N+]1(CC(=O)Nc2ccc3c(c2)C(=O)c2cccc4ccnc-3c24)CCCC1.[I-]. The number of nitrogens with one attached hydrogen (secondary N) is 1. The highest BCUT2D eigenvalue weighted by atomic mass is 127. The van der Waals surface area contributed by atoms with Gasteiger partial charge in [0.1, 0.15) is 0 Å². The maximum absolute atomic E-state index is 13.1. The summed E-state index contributed by atoms with van der Waals surface area (Å²) in [5, 5.41) is 4.91. The number of fused-ring (bicyclic) bond motifs is 2. The average Bonchev–Trinajstić information content (AvgIpc) is 3.11. The van der Waals surface area contributed by atoms with E-state index in [-0.39, 0.29) is 35.7 Å². The fourth-order valence-electron chi connectivity index (χ4n) is 4.59. The number of hydrogen-bond donors (Lipinski definition) is 1. The summed E-state index contributed by atoms with van der Waals surface area (Å²) in [4.78, 5) is 30.2. The number of halogens is 1. The molecule has 5 nitrogen and oxygen atoms in total. The maximum atomic E-state index is 13.1. The number of nitrogens with zero attached hydrogens (tertiary/aromatic N) is 2. The number of anilines is 1. The van der Waals surface area contributed by atoms with Crippen LogP contribution in [0.15, 0.2) is 48.7 Å². The molecule has 0 unspecified atom stereocenters. The van der Waals surface area contributed by atoms with Gasteiger partial charge in [-0.25, -0.2) is 0 Å². The quantitative estimate of drug-likeness (QED) is 0.333. The summed E-state index contributed by atoms with van der Waals surface area (Å²) in [6, 6.07) is 13.2. The molecule has 1 aliphatic heterocycles. The van der Waals surface area contributed by atoms with Crippen LogP contribution in [0.2, 0.25) is 0 Å². The van der Waals surface area contributed by atoms with Gasteiger partial charge in [-0.2, -0.15) is 0 Å². The first-order valence-electron chi connectivity index (χ1n) is 9.74. The van der Waals surface area contributed by atoms with Crippen molar-refractivity contribution in [3.05, 3.63) is 59.8 Å². The minimum absolute atomic E-state index is 0. The summed E-state index contributed by atoms with van der Waals surface area (Å²) >= 11 is 0. The van der Waals surface area contributed by atoms with Crippen molar-refractivity contribution in [3.8, 4) is 11.3 Å². The van der Waals surface area contributed by atoms with Gasteiger partial charge in [0.25, 0.3) is 5.91 Å². The van der Waals surface area contributed by atoms with Crippen LogP contribution in [0, 0.1) is 0 Å². The molecular formula is C23H22IN3O2. The fraction of sp³-hybridized carbons (Fsp3) is 0.261. The van der Waals surface area contributed by atoms with Crippen LogP contribution in [-0.2, 0) is 4.79 Å². The van der Waals surface area contributed by atoms with Crippen LogP contribution in [0.4, 0.5) is 5.69 Å². The number of hydrogen-bond acceptors (Lipinski definition) is 3. The van der Waals surface area contributed by atoms with Crippen LogP contribution in [0.5, 0.6) is 0 Å². The van der Waals surface area contributed by atoms with Gasteiger partial charge in [-0.3, -0.25) is 14.6 Å². The van der Waals surface area contributed by atoms with Crippen molar-refractivity contribution >= 4 is 28.2 Å². The lowest BCUT2D eigenvalue weighted by molar-refractivity contribution is -0.889. The van der Waals surface area contributed by atoms with E-state index in [1.807, 2.05) is 36.4 Å². The predicted octanol–water partition coefficient (Wildman–Crippen LogP) is 0.629. The molecule has 0 saturated carbocycles. The van der Waals surface area contributed by atoms with E-state index in [0.717, 1.165) is 39.6 Å². The lowest BCUT2D eigenvalue weighted by Crippen LogP contribution is -3.00. The van der Waals surface area contributed by atoms with Gasteiger partial charge in [0.2, 0.25) is 0 Å². The van der Waals surface area contributed by atoms with Gasteiger partial charge in [-0.1, -0.05) is 18.2 Å². The van der Waals surface area contributed by atoms with Crippen molar-refractivity contribution in [1.82, 2.24) is 4.98 Å². The van der Waals surface area contributed by atoms with Gasteiger partial charge in [0.15, 0.2) is 12.3 Å². The molecule has 6 heteroatoms. The van der Waals surface area contributed by atoms with Gasteiger partial charge in [-0.15, -0.1) is 0 Å². The highest BCUT2D eigenvalue weighted by Gasteiger charge is 2.30. The minimum atomic E-state index is -0.0178. The van der Waals surface area contributed by atoms with Crippen molar-refractivity contribution < 1.29 is 38.0 Å². The van der Waals surface area contributed by atoms with Crippen molar-refractivity contribution in [1.29, 1.82) is 0 Å². The summed E-state index contributed by atoms with van der Waals surface area (Å²) in [5.74, 6) is -0.0241. The van der Waals surface area contributed by atoms with E-state index < -0.39 is 0 Å². The molecule has 1 aliphatic carbocycles. The molecule has 0 bridgehead atoms. The van der Waals surface area contributed by atoms with Gasteiger partial charge in [-0.05, 0) is 29.7 Å². The van der Waals surface area contributed by atoms with Gasteiger partial charge < -0.3 is 33.8 Å². The van der Waals surface area contributed by atoms with Crippen LogP contribution in [-0.4, -0.2) is 47.8 Å². The highest BCUT2D eigenvalue weighted by molar-refractivity contribution is 6.25. The number of ketones is 1. The number of carbonyl (C=O) groups excluding carboxylic acids is 2. The molecule has 29 heavy (non-hydrogen) atoms. The molecule has 1 amide bonds. The Morgan fingerprint density at radius 3 is 2.66 bits per heavy atom. The smallest absolute Gasteiger partial charge is 0.279 e. The number of quaternary nitrogens is 1. The first kappa shape index (κ1) is 20.0. The van der Waals surface area contributed by atoms with E-state index in [9.17, 15) is 9.59 Å². The van der Waals surface area contributed by atoms with E-state index in [0.29, 0.717) is 23.4 Å². The van der Waals surface area contributed by atoms with Crippen molar-refractivity contribution in [2.45, 2.75) is 12.8 Å². The summed E-state index contributed by atoms with van der Waals surface area (Å²) in [6.45, 7) is 2.56. The number of amides is 1. The van der Waals surface area contributed by atoms with Crippen LogP contribution in [0.25, 0.3) is 22.0 Å². The molecule has 5 rings (SSSR count). The zero-order valence-corrected chi connectivity index (χ0v) is 18.4. The molecule has 1 N–H and O–H groups in total. The second-order valence-corrected chi connectivity index (χ2v) is 8.13. The zero-order chi connectivity index (χ0) is 19.3. The Morgan fingerprint density at radius 1 is 1.07 bits per heavy atom. The number of likely N-dealkylation sites (tertiary alicyclic amines) is 1. The number of benzene rings is 2. The summed E-state index contributed by atoms with van der Waals surface area (Å²) in [7, 11) is 2.13. The molecule has 1 fully saturated rings. The second-order valence-electron chi connectivity index (χ2n) is 8.13. The first-order valence-corrected chi connectivity index (χ1v) is 9.74. The number of pyridine rings is 1. The average molecular weight is 499 g/mol. The molecule has 148 valence electrons. The molecule has 0 radical (unpaired) electrons. The molecule has 1 saturated heterocycles. The third-order valence-electron chi connectivity index (χ3n) is 6.01. The zero-order valence-electron chi connectivity index (χ0n) is 16.2. The minimum Gasteiger partial charge on any atom is -1.00 e.